The Morgan fingerprint density at radius 3 is 2.75 bits per heavy atom. The number of nitrogens with two attached hydrogens (primary N) is 1. The Hall–Kier alpha value is -1.38. The van der Waals surface area contributed by atoms with Crippen molar-refractivity contribution in [2.24, 2.45) is 11.7 Å². The highest BCUT2D eigenvalue weighted by Crippen LogP contribution is 2.21. The Kier molecular flexibility index (Phi) is 4.17. The first-order chi connectivity index (χ1) is 9.30. The van der Waals surface area contributed by atoms with E-state index in [4.69, 9.17) is 10.2 Å². The molecule has 0 saturated carbocycles. The van der Waals surface area contributed by atoms with Crippen LogP contribution in [0.15, 0.2) is 21.6 Å². The molecule has 8 heteroatoms. The SMILES string of the molecule is CN(C)S(=O)(=O)c1ccc(CN2CCC(C(N)=O)C2)o1. The van der Waals surface area contributed by atoms with Crippen LogP contribution < -0.4 is 5.73 Å². The number of carbonyl (C=O) groups is 1. The number of likely N-dealkylation sites (tertiary alicyclic amines) is 1. The van der Waals surface area contributed by atoms with Crippen molar-refractivity contribution in [3.63, 3.8) is 0 Å². The molecule has 0 radical (unpaired) electrons. The minimum Gasteiger partial charge on any atom is -0.447 e. The van der Waals surface area contributed by atoms with E-state index in [1.54, 1.807) is 6.07 Å². The fraction of sp³-hybridized carbons (Fsp3) is 0.583. The van der Waals surface area contributed by atoms with Crippen LogP contribution >= 0.6 is 0 Å². The molecule has 1 saturated heterocycles. The molecule has 0 aliphatic carbocycles. The van der Waals surface area contributed by atoms with Gasteiger partial charge in [0.15, 0.2) is 0 Å². The summed E-state index contributed by atoms with van der Waals surface area (Å²) in [4.78, 5) is 13.1. The summed E-state index contributed by atoms with van der Waals surface area (Å²) in [5.41, 5.74) is 5.27. The van der Waals surface area contributed by atoms with E-state index in [0.717, 1.165) is 17.3 Å². The average Bonchev–Trinajstić information content (AvgIpc) is 2.98. The molecule has 0 bridgehead atoms. The van der Waals surface area contributed by atoms with Gasteiger partial charge in [-0.15, -0.1) is 0 Å². The van der Waals surface area contributed by atoms with Gasteiger partial charge in [0, 0.05) is 20.6 Å². The Labute approximate surface area is 118 Å². The lowest BCUT2D eigenvalue weighted by Crippen LogP contribution is -2.27. The maximum atomic E-state index is 11.9. The molecular formula is C12H19N3O4S. The van der Waals surface area contributed by atoms with Crippen LogP contribution in [0.4, 0.5) is 0 Å². The fourth-order valence-corrected chi connectivity index (χ4v) is 3.00. The Morgan fingerprint density at radius 1 is 1.50 bits per heavy atom. The van der Waals surface area contributed by atoms with Crippen molar-refractivity contribution < 1.29 is 17.6 Å². The number of carbonyl (C=O) groups excluding carboxylic acids is 1. The van der Waals surface area contributed by atoms with Crippen LogP contribution in [0.5, 0.6) is 0 Å². The summed E-state index contributed by atoms with van der Waals surface area (Å²) >= 11 is 0. The zero-order valence-corrected chi connectivity index (χ0v) is 12.4. The first-order valence-electron chi connectivity index (χ1n) is 6.33. The van der Waals surface area contributed by atoms with Gasteiger partial charge in [-0.25, -0.2) is 12.7 Å². The largest absolute Gasteiger partial charge is 0.447 e. The number of hydrogen-bond acceptors (Lipinski definition) is 5. The number of nitrogens with zero attached hydrogens (tertiary/aromatic N) is 2. The van der Waals surface area contributed by atoms with Crippen LogP contribution in [-0.4, -0.2) is 50.7 Å². The molecule has 2 heterocycles. The third-order valence-corrected chi connectivity index (χ3v) is 5.12. The summed E-state index contributed by atoms with van der Waals surface area (Å²) in [5, 5.41) is -0.0665. The Balaban J connectivity index is 2.03. The fourth-order valence-electron chi connectivity index (χ4n) is 2.19. The van der Waals surface area contributed by atoms with Gasteiger partial charge in [0.05, 0.1) is 12.5 Å². The molecule has 2 N–H and O–H groups in total. The van der Waals surface area contributed by atoms with Gasteiger partial charge in [-0.05, 0) is 25.1 Å². The van der Waals surface area contributed by atoms with Gasteiger partial charge in [-0.1, -0.05) is 0 Å². The molecule has 1 unspecified atom stereocenters. The van der Waals surface area contributed by atoms with Crippen LogP contribution in [0.25, 0.3) is 0 Å². The van der Waals surface area contributed by atoms with E-state index in [1.807, 2.05) is 4.90 Å². The van der Waals surface area contributed by atoms with E-state index in [1.165, 1.54) is 20.2 Å². The summed E-state index contributed by atoms with van der Waals surface area (Å²) in [5.74, 6) is 0.147. The summed E-state index contributed by atoms with van der Waals surface area (Å²) in [6.07, 6.45) is 0.735. The molecule has 1 aromatic rings. The van der Waals surface area contributed by atoms with Gasteiger partial charge in [0.2, 0.25) is 11.0 Å². The number of sulfonamides is 1. The Bertz CT molecular complexity index is 594. The number of primary amides is 1. The standard InChI is InChI=1S/C12H19N3O4S/c1-14(2)20(17,18)11-4-3-10(19-11)8-15-6-5-9(7-15)12(13)16/h3-4,9H,5-8H2,1-2H3,(H2,13,16). The Morgan fingerprint density at radius 2 is 2.20 bits per heavy atom. The average molecular weight is 301 g/mol. The first kappa shape index (κ1) is 15.0. The molecule has 1 amide bonds. The molecule has 1 aromatic heterocycles. The molecular weight excluding hydrogens is 282 g/mol. The number of rotatable bonds is 5. The van der Waals surface area contributed by atoms with Gasteiger partial charge in [0.1, 0.15) is 5.76 Å². The van der Waals surface area contributed by atoms with Crippen molar-refractivity contribution in [1.82, 2.24) is 9.21 Å². The topological polar surface area (TPSA) is 96.9 Å². The lowest BCUT2D eigenvalue weighted by atomic mass is 10.1. The second-order valence-electron chi connectivity index (χ2n) is 5.13. The quantitative estimate of drug-likeness (QED) is 0.815. The molecule has 20 heavy (non-hydrogen) atoms. The number of amides is 1. The first-order valence-corrected chi connectivity index (χ1v) is 7.77. The monoisotopic (exact) mass is 301 g/mol. The molecule has 0 aromatic carbocycles. The van der Waals surface area contributed by atoms with Gasteiger partial charge in [-0.2, -0.15) is 0 Å². The van der Waals surface area contributed by atoms with E-state index in [0.29, 0.717) is 18.8 Å². The summed E-state index contributed by atoms with van der Waals surface area (Å²) in [6.45, 7) is 1.82. The number of furan rings is 1. The summed E-state index contributed by atoms with van der Waals surface area (Å²) in [7, 11) is -0.632. The highest BCUT2D eigenvalue weighted by Gasteiger charge is 2.28. The van der Waals surface area contributed by atoms with Crippen LogP contribution in [0.1, 0.15) is 12.2 Å². The summed E-state index contributed by atoms with van der Waals surface area (Å²) in [6, 6.07) is 3.10. The van der Waals surface area contributed by atoms with Crippen molar-refractivity contribution >= 4 is 15.9 Å². The van der Waals surface area contributed by atoms with Gasteiger partial charge in [0.25, 0.3) is 10.0 Å². The van der Waals surface area contributed by atoms with Gasteiger partial charge < -0.3 is 10.2 Å². The summed E-state index contributed by atoms with van der Waals surface area (Å²) < 4.78 is 30.2. The molecule has 1 aliphatic heterocycles. The second-order valence-corrected chi connectivity index (χ2v) is 7.21. The maximum Gasteiger partial charge on any atom is 0.275 e. The molecule has 112 valence electrons. The predicted molar refractivity (Wildman–Crippen MR) is 72.2 cm³/mol. The van der Waals surface area contributed by atoms with Crippen LogP contribution in [0.3, 0.4) is 0 Å². The maximum absolute atomic E-state index is 11.9. The minimum absolute atomic E-state index is 0.0665. The van der Waals surface area contributed by atoms with Gasteiger partial charge in [-0.3, -0.25) is 9.69 Å². The highest BCUT2D eigenvalue weighted by atomic mass is 32.2. The van der Waals surface area contributed by atoms with Crippen LogP contribution in [0, 0.1) is 5.92 Å². The second kappa shape index (κ2) is 5.55. The molecule has 0 spiro atoms. The molecule has 7 nitrogen and oxygen atoms in total. The van der Waals surface area contributed by atoms with Crippen molar-refractivity contribution in [3.05, 3.63) is 17.9 Å². The molecule has 1 aliphatic rings. The highest BCUT2D eigenvalue weighted by molar-refractivity contribution is 7.88. The van der Waals surface area contributed by atoms with Crippen molar-refractivity contribution in [3.8, 4) is 0 Å². The lowest BCUT2D eigenvalue weighted by Gasteiger charge is -2.13. The van der Waals surface area contributed by atoms with Crippen LogP contribution in [-0.2, 0) is 21.4 Å². The minimum atomic E-state index is -3.54. The van der Waals surface area contributed by atoms with E-state index in [2.05, 4.69) is 0 Å². The molecule has 1 atom stereocenters. The van der Waals surface area contributed by atoms with Crippen molar-refractivity contribution in [1.29, 1.82) is 0 Å². The van der Waals surface area contributed by atoms with E-state index < -0.39 is 10.0 Å². The van der Waals surface area contributed by atoms with E-state index in [-0.39, 0.29) is 16.9 Å². The van der Waals surface area contributed by atoms with Crippen LogP contribution in [0.2, 0.25) is 0 Å². The third kappa shape index (κ3) is 3.02. The van der Waals surface area contributed by atoms with Crippen molar-refractivity contribution in [2.45, 2.75) is 18.1 Å². The van der Waals surface area contributed by atoms with Gasteiger partial charge >= 0.3 is 0 Å². The smallest absolute Gasteiger partial charge is 0.275 e. The normalized spacial score (nSPS) is 20.6. The number of hydrogen-bond donors (Lipinski definition) is 1. The predicted octanol–water partition coefficient (Wildman–Crippen LogP) is -0.163. The third-order valence-electron chi connectivity index (χ3n) is 3.43. The van der Waals surface area contributed by atoms with E-state index in [9.17, 15) is 13.2 Å². The zero-order chi connectivity index (χ0) is 14.9. The van der Waals surface area contributed by atoms with Crippen molar-refractivity contribution in [2.75, 3.05) is 27.2 Å². The van der Waals surface area contributed by atoms with E-state index >= 15 is 0 Å². The lowest BCUT2D eigenvalue weighted by molar-refractivity contribution is -0.121. The zero-order valence-electron chi connectivity index (χ0n) is 11.6. The molecule has 1 fully saturated rings. The molecule has 2 rings (SSSR count).